The summed E-state index contributed by atoms with van der Waals surface area (Å²) >= 11 is 1.54. The molecule has 0 saturated carbocycles. The summed E-state index contributed by atoms with van der Waals surface area (Å²) in [6.45, 7) is 0. The molecule has 1 unspecified atom stereocenters. The molecule has 7 heteroatoms. The lowest BCUT2D eigenvalue weighted by Crippen LogP contribution is -2.31. The molecule has 1 amide bonds. The fourth-order valence-electron chi connectivity index (χ4n) is 2.94. The number of hydrogen-bond donors (Lipinski definition) is 2. The van der Waals surface area contributed by atoms with Crippen molar-refractivity contribution in [1.29, 1.82) is 0 Å². The van der Waals surface area contributed by atoms with Gasteiger partial charge in [0.2, 0.25) is 5.91 Å². The van der Waals surface area contributed by atoms with Crippen molar-refractivity contribution in [2.75, 3.05) is 0 Å². The number of carbonyl (C=O) groups is 1. The third-order valence-corrected chi connectivity index (χ3v) is 7.57. The molecule has 3 rings (SSSR count). The van der Waals surface area contributed by atoms with Gasteiger partial charge in [0, 0.05) is 16.2 Å². The summed E-state index contributed by atoms with van der Waals surface area (Å²) in [7, 11) is -3.78. The van der Waals surface area contributed by atoms with Crippen LogP contribution in [0.25, 0.3) is 0 Å². The van der Waals surface area contributed by atoms with Gasteiger partial charge in [-0.1, -0.05) is 60.3 Å². The first-order chi connectivity index (χ1) is 14.0. The van der Waals surface area contributed by atoms with Crippen LogP contribution in [0.3, 0.4) is 0 Å². The van der Waals surface area contributed by atoms with Crippen molar-refractivity contribution in [2.24, 2.45) is 0 Å². The largest absolute Gasteiger partial charge is 0.289 e. The average molecular weight is 428 g/mol. The van der Waals surface area contributed by atoms with E-state index < -0.39 is 21.0 Å². The normalized spacial score (nSPS) is 12.3. The van der Waals surface area contributed by atoms with Crippen molar-refractivity contribution in [2.45, 2.75) is 32.8 Å². The number of hydroxylamine groups is 1. The second-order valence-corrected chi connectivity index (χ2v) is 9.86. The van der Waals surface area contributed by atoms with Crippen LogP contribution in [0.4, 0.5) is 0 Å². The summed E-state index contributed by atoms with van der Waals surface area (Å²) in [6, 6.07) is 25.6. The summed E-state index contributed by atoms with van der Waals surface area (Å²) in [5, 5.41) is 7.88. The van der Waals surface area contributed by atoms with E-state index in [9.17, 15) is 13.2 Å². The van der Waals surface area contributed by atoms with Crippen LogP contribution >= 0.6 is 11.8 Å². The van der Waals surface area contributed by atoms with E-state index in [4.69, 9.17) is 5.21 Å². The Bertz CT molecular complexity index is 1040. The molecule has 3 aromatic carbocycles. The number of benzene rings is 3. The number of nitrogens with one attached hydrogen (secondary N) is 1. The Labute approximate surface area is 174 Å². The molecular weight excluding hydrogens is 406 g/mol. The van der Waals surface area contributed by atoms with Gasteiger partial charge in [-0.15, -0.1) is 0 Å². The van der Waals surface area contributed by atoms with E-state index in [2.05, 4.69) is 0 Å². The first-order valence-corrected chi connectivity index (χ1v) is 11.4. The molecule has 0 spiro atoms. The van der Waals surface area contributed by atoms with Crippen LogP contribution in [0.1, 0.15) is 12.0 Å². The zero-order valence-corrected chi connectivity index (χ0v) is 17.2. The summed E-state index contributed by atoms with van der Waals surface area (Å²) in [6.07, 6.45) is -0.147. The lowest BCUT2D eigenvalue weighted by Gasteiger charge is -2.17. The minimum atomic E-state index is -3.78. The monoisotopic (exact) mass is 427 g/mol. The van der Waals surface area contributed by atoms with Crippen LogP contribution in [0.2, 0.25) is 0 Å². The smallest absolute Gasteiger partial charge is 0.244 e. The predicted octanol–water partition coefficient (Wildman–Crippen LogP) is 4.12. The summed E-state index contributed by atoms with van der Waals surface area (Å²) in [4.78, 5) is 13.9. The van der Waals surface area contributed by atoms with Crippen molar-refractivity contribution in [3.05, 3.63) is 90.5 Å². The number of sulfone groups is 1. The van der Waals surface area contributed by atoms with E-state index in [-0.39, 0.29) is 17.7 Å². The van der Waals surface area contributed by atoms with Gasteiger partial charge in [-0.25, -0.2) is 13.9 Å². The fraction of sp³-hybridized carbons (Fsp3) is 0.136. The highest BCUT2D eigenvalue weighted by molar-refractivity contribution is 7.99. The molecule has 0 aliphatic carbocycles. The molecule has 0 radical (unpaired) electrons. The van der Waals surface area contributed by atoms with Gasteiger partial charge in [-0.05, 0) is 48.4 Å². The van der Waals surface area contributed by atoms with Crippen LogP contribution in [-0.2, 0) is 21.1 Å². The molecule has 0 aliphatic heterocycles. The quantitative estimate of drug-likeness (QED) is 0.417. The van der Waals surface area contributed by atoms with Crippen molar-refractivity contribution >= 4 is 27.5 Å². The zero-order chi connectivity index (χ0) is 20.7. The topological polar surface area (TPSA) is 83.5 Å². The van der Waals surface area contributed by atoms with Gasteiger partial charge < -0.3 is 0 Å². The summed E-state index contributed by atoms with van der Waals surface area (Å²) < 4.78 is 26.4. The second-order valence-electron chi connectivity index (χ2n) is 6.48. The minimum Gasteiger partial charge on any atom is -0.289 e. The SMILES string of the molecule is O=C(CC(Cc1ccccc1)S(=O)(=O)c1ccc(Sc2ccccc2)cc1)NO. The van der Waals surface area contributed by atoms with Gasteiger partial charge in [-0.2, -0.15) is 0 Å². The standard InChI is InChI=1S/C22H21NO4S2/c24-22(23-25)16-21(15-17-7-3-1-4-8-17)29(26,27)20-13-11-19(12-14-20)28-18-9-5-2-6-10-18/h1-14,21,25H,15-16H2,(H,23,24). The first-order valence-electron chi connectivity index (χ1n) is 9.03. The molecule has 1 atom stereocenters. The van der Waals surface area contributed by atoms with Crippen LogP contribution in [0.5, 0.6) is 0 Å². The lowest BCUT2D eigenvalue weighted by atomic mass is 10.1. The molecule has 0 heterocycles. The maximum Gasteiger partial charge on any atom is 0.244 e. The van der Waals surface area contributed by atoms with Gasteiger partial charge in [0.15, 0.2) is 9.84 Å². The van der Waals surface area contributed by atoms with Crippen LogP contribution < -0.4 is 5.48 Å². The van der Waals surface area contributed by atoms with Gasteiger partial charge >= 0.3 is 0 Å². The third kappa shape index (κ3) is 5.69. The molecule has 29 heavy (non-hydrogen) atoms. The van der Waals surface area contributed by atoms with Gasteiger partial charge in [0.1, 0.15) is 0 Å². The van der Waals surface area contributed by atoms with E-state index in [1.807, 2.05) is 60.7 Å². The second kappa shape index (κ2) is 9.73. The molecule has 5 nitrogen and oxygen atoms in total. The molecule has 2 N–H and O–H groups in total. The Morgan fingerprint density at radius 2 is 1.41 bits per heavy atom. The Morgan fingerprint density at radius 1 is 0.862 bits per heavy atom. The van der Waals surface area contributed by atoms with E-state index in [1.165, 1.54) is 5.48 Å². The Hall–Kier alpha value is -2.61. The van der Waals surface area contributed by atoms with E-state index in [1.54, 1.807) is 36.0 Å². The predicted molar refractivity (Wildman–Crippen MR) is 113 cm³/mol. The van der Waals surface area contributed by atoms with Crippen molar-refractivity contribution < 1.29 is 18.4 Å². The summed E-state index contributed by atoms with van der Waals surface area (Å²) in [5.41, 5.74) is 2.34. The molecule has 0 bridgehead atoms. The van der Waals surface area contributed by atoms with E-state index >= 15 is 0 Å². The highest BCUT2D eigenvalue weighted by Gasteiger charge is 2.30. The molecule has 0 fully saturated rings. The van der Waals surface area contributed by atoms with Crippen molar-refractivity contribution in [1.82, 2.24) is 5.48 Å². The molecule has 150 valence electrons. The number of hydrogen-bond acceptors (Lipinski definition) is 5. The Morgan fingerprint density at radius 3 is 2.00 bits per heavy atom. The molecule has 3 aromatic rings. The highest BCUT2D eigenvalue weighted by Crippen LogP contribution is 2.29. The van der Waals surface area contributed by atoms with Crippen LogP contribution in [-0.4, -0.2) is 24.8 Å². The number of rotatable bonds is 8. The molecule has 0 aromatic heterocycles. The van der Waals surface area contributed by atoms with Crippen molar-refractivity contribution in [3.63, 3.8) is 0 Å². The van der Waals surface area contributed by atoms with Gasteiger partial charge in [0.25, 0.3) is 0 Å². The van der Waals surface area contributed by atoms with E-state index in [0.29, 0.717) is 0 Å². The summed E-state index contributed by atoms with van der Waals surface area (Å²) in [5.74, 6) is -0.731. The van der Waals surface area contributed by atoms with E-state index in [0.717, 1.165) is 15.4 Å². The van der Waals surface area contributed by atoms with Crippen LogP contribution in [0, 0.1) is 0 Å². The molecule has 0 saturated heterocycles. The first kappa shape index (κ1) is 21.1. The zero-order valence-electron chi connectivity index (χ0n) is 15.6. The minimum absolute atomic E-state index is 0.154. The van der Waals surface area contributed by atoms with Crippen molar-refractivity contribution in [3.8, 4) is 0 Å². The third-order valence-electron chi connectivity index (χ3n) is 4.41. The number of amides is 1. The van der Waals surface area contributed by atoms with Crippen LogP contribution in [0.15, 0.2) is 99.6 Å². The Balaban J connectivity index is 1.83. The lowest BCUT2D eigenvalue weighted by molar-refractivity contribution is -0.129. The maximum atomic E-state index is 13.2. The van der Waals surface area contributed by atoms with Gasteiger partial charge in [0.05, 0.1) is 10.1 Å². The molecule has 0 aliphatic rings. The highest BCUT2D eigenvalue weighted by atomic mass is 32.2. The number of carbonyl (C=O) groups excluding carboxylic acids is 1. The average Bonchev–Trinajstić information content (AvgIpc) is 2.75. The maximum absolute atomic E-state index is 13.2. The molecular formula is C22H21NO4S2. The van der Waals surface area contributed by atoms with Gasteiger partial charge in [-0.3, -0.25) is 10.0 Å². The fourth-order valence-corrected chi connectivity index (χ4v) is 5.46. The Kier molecular flexibility index (Phi) is 7.09.